The van der Waals surface area contributed by atoms with Crippen molar-refractivity contribution in [2.45, 2.75) is 35.8 Å². The predicted octanol–water partition coefficient (Wildman–Crippen LogP) is 6.68. The van der Waals surface area contributed by atoms with Crippen LogP contribution in [0.15, 0.2) is 53.9 Å². The van der Waals surface area contributed by atoms with Crippen LogP contribution >= 0.6 is 35.0 Å². The minimum absolute atomic E-state index is 0.137. The quantitative estimate of drug-likeness (QED) is 0.438. The van der Waals surface area contributed by atoms with Gasteiger partial charge < -0.3 is 0 Å². The van der Waals surface area contributed by atoms with E-state index in [0.717, 1.165) is 29.2 Å². The largest absolute Gasteiger partial charge is 0.121 e. The van der Waals surface area contributed by atoms with Crippen LogP contribution < -0.4 is 0 Å². The van der Waals surface area contributed by atoms with Crippen molar-refractivity contribution >= 4 is 35.0 Å². The number of allylic oxidation sites excluding steroid dienone is 1. The Bertz CT molecular complexity index is 723. The fraction of sp³-hybridized carbons (Fsp3) is 0.263. The van der Waals surface area contributed by atoms with Crippen LogP contribution in [0.2, 0.25) is 10.0 Å². The molecule has 22 heavy (non-hydrogen) atoms. The average molecular weight is 349 g/mol. The number of fused-ring (bicyclic) bond motifs is 1. The lowest BCUT2D eigenvalue weighted by Crippen LogP contribution is -2.13. The third-order valence-electron chi connectivity index (χ3n) is 4.47. The Morgan fingerprint density at radius 1 is 1.23 bits per heavy atom. The van der Waals surface area contributed by atoms with Gasteiger partial charge in [0.15, 0.2) is 0 Å². The van der Waals surface area contributed by atoms with Gasteiger partial charge in [-0.25, -0.2) is 0 Å². The van der Waals surface area contributed by atoms with Crippen LogP contribution in [0.1, 0.15) is 30.0 Å². The molecule has 0 heterocycles. The molecule has 3 rings (SSSR count). The molecule has 2 aromatic rings. The van der Waals surface area contributed by atoms with Gasteiger partial charge in [-0.15, -0.1) is 18.3 Å². The zero-order chi connectivity index (χ0) is 15.7. The average Bonchev–Trinajstić information content (AvgIpc) is 2.84. The van der Waals surface area contributed by atoms with Crippen LogP contribution in [0.3, 0.4) is 0 Å². The number of hydrogen-bond donors (Lipinski definition) is 0. The number of benzene rings is 2. The first-order valence-electron chi connectivity index (χ1n) is 7.35. The minimum atomic E-state index is 0.137. The number of halogens is 2. The molecule has 1 aliphatic rings. The minimum Gasteiger partial charge on any atom is -0.121 e. The van der Waals surface area contributed by atoms with Crippen LogP contribution in [-0.4, -0.2) is 0 Å². The molecule has 0 fully saturated rings. The van der Waals surface area contributed by atoms with Gasteiger partial charge in [-0.2, -0.15) is 0 Å². The molecule has 0 aliphatic heterocycles. The molecular formula is C19H18Cl2S. The first kappa shape index (κ1) is 16.0. The van der Waals surface area contributed by atoms with Crippen LogP contribution in [-0.2, 0) is 17.6 Å². The highest BCUT2D eigenvalue weighted by molar-refractivity contribution is 7.98. The van der Waals surface area contributed by atoms with E-state index in [1.54, 1.807) is 6.07 Å². The Balaban J connectivity index is 1.76. The topological polar surface area (TPSA) is 0 Å². The van der Waals surface area contributed by atoms with Gasteiger partial charge >= 0.3 is 0 Å². The molecule has 0 N–H and O–H groups in total. The summed E-state index contributed by atoms with van der Waals surface area (Å²) < 4.78 is 0. The van der Waals surface area contributed by atoms with Crippen molar-refractivity contribution in [3.63, 3.8) is 0 Å². The normalized spacial score (nSPS) is 20.0. The molecule has 114 valence electrons. The molecule has 0 amide bonds. The van der Waals surface area contributed by atoms with Crippen LogP contribution in [0.25, 0.3) is 0 Å². The van der Waals surface area contributed by atoms with Crippen LogP contribution in [0.5, 0.6) is 0 Å². The predicted molar refractivity (Wildman–Crippen MR) is 98.3 cm³/mol. The van der Waals surface area contributed by atoms with E-state index in [9.17, 15) is 0 Å². The molecule has 1 aliphatic carbocycles. The number of hydrogen-bond acceptors (Lipinski definition) is 1. The third-order valence-corrected chi connectivity index (χ3v) is 6.10. The first-order valence-corrected chi connectivity index (χ1v) is 9.10. The zero-order valence-electron chi connectivity index (χ0n) is 12.5. The Morgan fingerprint density at radius 2 is 2.05 bits per heavy atom. The number of aryl methyl sites for hydroxylation is 1. The Labute approximate surface area is 146 Å². The summed E-state index contributed by atoms with van der Waals surface area (Å²) in [4.78, 5) is 1.29. The zero-order valence-corrected chi connectivity index (χ0v) is 14.9. The smallest absolute Gasteiger partial charge is 0.0461 e. The molecule has 1 atom stereocenters. The molecule has 0 saturated carbocycles. The standard InChI is InChI=1S/C19H18Cl2S/c1-3-19(2)9-8-13-10-16(6-7-17(13)19)22-12-14-4-5-15(20)11-18(14)21/h3-7,10-11H,1,8-9,12H2,2H3. The lowest BCUT2D eigenvalue weighted by molar-refractivity contribution is 0.590. The van der Waals surface area contributed by atoms with E-state index >= 15 is 0 Å². The van der Waals surface area contributed by atoms with Crippen molar-refractivity contribution in [2.24, 2.45) is 0 Å². The van der Waals surface area contributed by atoms with Gasteiger partial charge in [-0.3, -0.25) is 0 Å². The maximum atomic E-state index is 6.24. The summed E-state index contributed by atoms with van der Waals surface area (Å²) in [7, 11) is 0. The van der Waals surface area contributed by atoms with E-state index < -0.39 is 0 Å². The van der Waals surface area contributed by atoms with Crippen molar-refractivity contribution in [3.05, 3.63) is 75.8 Å². The molecule has 2 aromatic carbocycles. The van der Waals surface area contributed by atoms with Gasteiger partial charge in [0.1, 0.15) is 0 Å². The van der Waals surface area contributed by atoms with E-state index in [4.69, 9.17) is 23.2 Å². The highest BCUT2D eigenvalue weighted by Gasteiger charge is 2.31. The van der Waals surface area contributed by atoms with Gasteiger partial charge in [-0.1, -0.05) is 48.3 Å². The molecule has 1 unspecified atom stereocenters. The van der Waals surface area contributed by atoms with Crippen molar-refractivity contribution in [3.8, 4) is 0 Å². The fourth-order valence-corrected chi connectivity index (χ4v) is 4.48. The second-order valence-electron chi connectivity index (χ2n) is 5.96. The number of rotatable bonds is 4. The Morgan fingerprint density at radius 3 is 2.77 bits per heavy atom. The van der Waals surface area contributed by atoms with Crippen molar-refractivity contribution in [1.82, 2.24) is 0 Å². The van der Waals surface area contributed by atoms with E-state index in [2.05, 4.69) is 37.8 Å². The van der Waals surface area contributed by atoms with E-state index in [-0.39, 0.29) is 5.41 Å². The van der Waals surface area contributed by atoms with Gasteiger partial charge in [0.2, 0.25) is 0 Å². The van der Waals surface area contributed by atoms with Crippen LogP contribution in [0, 0.1) is 0 Å². The second-order valence-corrected chi connectivity index (χ2v) is 7.86. The summed E-state index contributed by atoms with van der Waals surface area (Å²) >= 11 is 14.0. The lowest BCUT2D eigenvalue weighted by Gasteiger charge is -2.20. The molecule has 0 bridgehead atoms. The highest BCUT2D eigenvalue weighted by Crippen LogP contribution is 2.41. The van der Waals surface area contributed by atoms with Gasteiger partial charge in [0.25, 0.3) is 0 Å². The maximum absolute atomic E-state index is 6.24. The first-order chi connectivity index (χ1) is 10.5. The number of thioether (sulfide) groups is 1. The van der Waals surface area contributed by atoms with Crippen molar-refractivity contribution in [1.29, 1.82) is 0 Å². The van der Waals surface area contributed by atoms with Crippen LogP contribution in [0.4, 0.5) is 0 Å². The van der Waals surface area contributed by atoms with Gasteiger partial charge in [-0.05, 0) is 53.8 Å². The maximum Gasteiger partial charge on any atom is 0.0461 e. The highest BCUT2D eigenvalue weighted by atomic mass is 35.5. The summed E-state index contributed by atoms with van der Waals surface area (Å²) in [5.74, 6) is 0.855. The van der Waals surface area contributed by atoms with Crippen molar-refractivity contribution < 1.29 is 0 Å². The molecule has 0 radical (unpaired) electrons. The Kier molecular flexibility index (Phi) is 4.59. The SMILES string of the molecule is C=CC1(C)CCc2cc(SCc3ccc(Cl)cc3Cl)ccc21. The summed E-state index contributed by atoms with van der Waals surface area (Å²) in [6.45, 7) is 6.27. The van der Waals surface area contributed by atoms with Crippen molar-refractivity contribution in [2.75, 3.05) is 0 Å². The van der Waals surface area contributed by atoms with Gasteiger partial charge in [0, 0.05) is 26.1 Å². The molecule has 0 spiro atoms. The fourth-order valence-electron chi connectivity index (χ4n) is 2.96. The molecule has 0 nitrogen and oxygen atoms in total. The molecule has 0 aromatic heterocycles. The summed E-state index contributed by atoms with van der Waals surface area (Å²) in [6, 6.07) is 12.5. The summed E-state index contributed by atoms with van der Waals surface area (Å²) in [5.41, 5.74) is 4.14. The van der Waals surface area contributed by atoms with E-state index in [0.29, 0.717) is 5.02 Å². The molecular weight excluding hydrogens is 331 g/mol. The van der Waals surface area contributed by atoms with E-state index in [1.165, 1.54) is 16.0 Å². The van der Waals surface area contributed by atoms with Gasteiger partial charge in [0.05, 0.1) is 0 Å². The monoisotopic (exact) mass is 348 g/mol. The second kappa shape index (κ2) is 6.31. The molecule has 0 saturated heterocycles. The van der Waals surface area contributed by atoms with E-state index in [1.807, 2.05) is 23.9 Å². The lowest BCUT2D eigenvalue weighted by atomic mass is 9.84. The third kappa shape index (κ3) is 3.08. The summed E-state index contributed by atoms with van der Waals surface area (Å²) in [5, 5.41) is 1.42. The Hall–Kier alpha value is -0.890. The summed E-state index contributed by atoms with van der Waals surface area (Å²) in [6.07, 6.45) is 4.37. The molecule has 3 heteroatoms.